The number of aryl methyl sites for hydroxylation is 2. The number of halogens is 3. The van der Waals surface area contributed by atoms with E-state index in [4.69, 9.17) is 0 Å². The summed E-state index contributed by atoms with van der Waals surface area (Å²) in [5.74, 6) is -0.266. The monoisotopic (exact) mass is 396 g/mol. The largest absolute Gasteiger partial charge is 0.435 e. The number of aromatic nitrogens is 2. The average Bonchev–Trinajstić information content (AvgIpc) is 3.36. The van der Waals surface area contributed by atoms with Crippen molar-refractivity contribution in [2.24, 2.45) is 0 Å². The molecule has 2 aromatic rings. The van der Waals surface area contributed by atoms with E-state index in [0.717, 1.165) is 18.9 Å². The Kier molecular flexibility index (Phi) is 5.39. The Morgan fingerprint density at radius 2 is 2.07 bits per heavy atom. The van der Waals surface area contributed by atoms with E-state index in [-0.39, 0.29) is 24.7 Å². The van der Waals surface area contributed by atoms with Gasteiger partial charge in [0.2, 0.25) is 0 Å². The number of amides is 1. The zero-order chi connectivity index (χ0) is 20.5. The van der Waals surface area contributed by atoms with Crippen LogP contribution < -0.4 is 5.32 Å². The van der Waals surface area contributed by atoms with Crippen LogP contribution in [0.1, 0.15) is 52.5 Å². The van der Waals surface area contributed by atoms with E-state index < -0.39 is 22.7 Å². The Labute approximate surface area is 158 Å². The van der Waals surface area contributed by atoms with Crippen LogP contribution in [-0.4, -0.2) is 27.2 Å². The minimum absolute atomic E-state index is 0.0664. The molecule has 1 aliphatic carbocycles. The number of nitrogens with zero attached hydrogens (tertiary/aromatic N) is 3. The highest BCUT2D eigenvalue weighted by Crippen LogP contribution is 2.42. The van der Waals surface area contributed by atoms with Gasteiger partial charge in [-0.1, -0.05) is 0 Å². The molecule has 1 amide bonds. The zero-order valence-electron chi connectivity index (χ0n) is 15.1. The molecule has 0 spiro atoms. The van der Waals surface area contributed by atoms with Crippen molar-refractivity contribution >= 4 is 11.6 Å². The maximum absolute atomic E-state index is 12.9. The third kappa shape index (κ3) is 4.49. The van der Waals surface area contributed by atoms with Crippen molar-refractivity contribution in [2.75, 3.05) is 6.54 Å². The van der Waals surface area contributed by atoms with Gasteiger partial charge in [-0.3, -0.25) is 19.6 Å². The number of benzene rings is 1. The lowest BCUT2D eigenvalue weighted by molar-refractivity contribution is -0.385. The molecule has 0 unspecified atom stereocenters. The second-order valence-electron chi connectivity index (χ2n) is 6.82. The fourth-order valence-corrected chi connectivity index (χ4v) is 2.99. The second kappa shape index (κ2) is 7.61. The number of nitro groups is 1. The summed E-state index contributed by atoms with van der Waals surface area (Å²) in [6.45, 7) is 2.06. The molecule has 1 heterocycles. The molecule has 28 heavy (non-hydrogen) atoms. The van der Waals surface area contributed by atoms with E-state index >= 15 is 0 Å². The topological polar surface area (TPSA) is 90.1 Å². The Hall–Kier alpha value is -2.91. The van der Waals surface area contributed by atoms with Crippen molar-refractivity contribution in [3.8, 4) is 0 Å². The van der Waals surface area contributed by atoms with E-state index in [1.54, 1.807) is 6.92 Å². The molecular weight excluding hydrogens is 377 g/mol. The van der Waals surface area contributed by atoms with Gasteiger partial charge in [-0.2, -0.15) is 18.3 Å². The van der Waals surface area contributed by atoms with E-state index in [2.05, 4.69) is 10.4 Å². The number of hydrogen-bond donors (Lipinski definition) is 1. The molecule has 7 nitrogen and oxygen atoms in total. The van der Waals surface area contributed by atoms with Crippen LogP contribution in [0.25, 0.3) is 0 Å². The molecule has 0 radical (unpaired) electrons. The van der Waals surface area contributed by atoms with E-state index in [1.807, 2.05) is 0 Å². The number of carbonyl (C=O) groups excluding carboxylic acids is 1. The van der Waals surface area contributed by atoms with Gasteiger partial charge in [0.25, 0.3) is 11.6 Å². The van der Waals surface area contributed by atoms with Crippen LogP contribution >= 0.6 is 0 Å². The van der Waals surface area contributed by atoms with E-state index in [9.17, 15) is 28.1 Å². The summed E-state index contributed by atoms with van der Waals surface area (Å²) in [6.07, 6.45) is -2.34. The molecule has 0 aliphatic heterocycles. The second-order valence-corrected chi connectivity index (χ2v) is 6.82. The summed E-state index contributed by atoms with van der Waals surface area (Å²) < 4.78 is 40.0. The number of rotatable bonds is 7. The van der Waals surface area contributed by atoms with Crippen molar-refractivity contribution in [3.63, 3.8) is 0 Å². The highest BCUT2D eigenvalue weighted by molar-refractivity contribution is 5.94. The zero-order valence-corrected chi connectivity index (χ0v) is 15.1. The normalized spacial score (nSPS) is 14.1. The van der Waals surface area contributed by atoms with Crippen molar-refractivity contribution in [3.05, 3.63) is 56.9 Å². The van der Waals surface area contributed by atoms with Gasteiger partial charge in [0.15, 0.2) is 5.69 Å². The van der Waals surface area contributed by atoms with Gasteiger partial charge < -0.3 is 5.32 Å². The fraction of sp³-hybridized carbons (Fsp3) is 0.444. The molecule has 0 atom stereocenters. The van der Waals surface area contributed by atoms with Crippen LogP contribution in [0, 0.1) is 17.0 Å². The minimum Gasteiger partial charge on any atom is -0.352 e. The lowest BCUT2D eigenvalue weighted by atomic mass is 10.1. The highest BCUT2D eigenvalue weighted by atomic mass is 19.4. The molecule has 1 aromatic carbocycles. The van der Waals surface area contributed by atoms with Gasteiger partial charge in [-0.25, -0.2) is 0 Å². The van der Waals surface area contributed by atoms with Crippen LogP contribution in [0.15, 0.2) is 24.3 Å². The lowest BCUT2D eigenvalue weighted by Crippen LogP contribution is -2.25. The standard InChI is InChI=1S/C18H19F3N4O3/c1-11-9-13(5-6-14(11)25(27)28)17(26)22-7-2-8-24-15(12-3-4-12)10-16(23-24)18(19,20)21/h5-6,9-10,12H,2-4,7-8H2,1H3,(H,22,26). The molecular formula is C18H19F3N4O3. The first-order chi connectivity index (χ1) is 13.2. The van der Waals surface area contributed by atoms with Crippen molar-refractivity contribution in [1.29, 1.82) is 0 Å². The lowest BCUT2D eigenvalue weighted by Gasteiger charge is -2.09. The third-order valence-electron chi connectivity index (χ3n) is 4.59. The van der Waals surface area contributed by atoms with Gasteiger partial charge >= 0.3 is 6.18 Å². The number of carbonyl (C=O) groups is 1. The minimum atomic E-state index is -4.48. The summed E-state index contributed by atoms with van der Waals surface area (Å²) in [4.78, 5) is 22.5. The Bertz CT molecular complexity index is 904. The third-order valence-corrected chi connectivity index (χ3v) is 4.59. The van der Waals surface area contributed by atoms with Gasteiger partial charge in [-0.15, -0.1) is 0 Å². The molecule has 1 N–H and O–H groups in total. The smallest absolute Gasteiger partial charge is 0.352 e. The van der Waals surface area contributed by atoms with E-state index in [0.29, 0.717) is 23.2 Å². The molecule has 0 bridgehead atoms. The van der Waals surface area contributed by atoms with Crippen LogP contribution in [0.5, 0.6) is 0 Å². The summed E-state index contributed by atoms with van der Waals surface area (Å²) in [5, 5.41) is 17.2. The van der Waals surface area contributed by atoms with Crippen LogP contribution in [-0.2, 0) is 12.7 Å². The first-order valence-electron chi connectivity index (χ1n) is 8.85. The quantitative estimate of drug-likeness (QED) is 0.438. The van der Waals surface area contributed by atoms with Crippen molar-refractivity contribution in [2.45, 2.75) is 44.8 Å². The number of nitrogens with one attached hydrogen (secondary N) is 1. The average molecular weight is 396 g/mol. The Morgan fingerprint density at radius 3 is 2.64 bits per heavy atom. The SMILES string of the molecule is Cc1cc(C(=O)NCCCn2nc(C(F)(F)F)cc2C2CC2)ccc1[N+](=O)[O-]. The molecule has 0 saturated heterocycles. The Balaban J connectivity index is 1.56. The molecule has 1 aliphatic rings. The number of alkyl halides is 3. The molecule has 1 aromatic heterocycles. The maximum Gasteiger partial charge on any atom is 0.435 e. The number of hydrogen-bond acceptors (Lipinski definition) is 4. The Morgan fingerprint density at radius 1 is 1.36 bits per heavy atom. The molecule has 3 rings (SSSR count). The van der Waals surface area contributed by atoms with E-state index in [1.165, 1.54) is 22.9 Å². The number of nitro benzene ring substituents is 1. The summed E-state index contributed by atoms with van der Waals surface area (Å²) >= 11 is 0. The van der Waals surface area contributed by atoms with Gasteiger partial charge in [0.05, 0.1) is 4.92 Å². The van der Waals surface area contributed by atoms with Crippen LogP contribution in [0.4, 0.5) is 18.9 Å². The van der Waals surface area contributed by atoms with Gasteiger partial charge in [0, 0.05) is 41.9 Å². The summed E-state index contributed by atoms with van der Waals surface area (Å²) in [6, 6.07) is 5.18. The molecule has 10 heteroatoms. The summed E-state index contributed by atoms with van der Waals surface area (Å²) in [5.41, 5.74) is 0.302. The fourth-order valence-electron chi connectivity index (χ4n) is 2.99. The molecule has 150 valence electrons. The first kappa shape index (κ1) is 19.8. The van der Waals surface area contributed by atoms with Gasteiger partial charge in [-0.05, 0) is 44.4 Å². The first-order valence-corrected chi connectivity index (χ1v) is 8.85. The summed E-state index contributed by atoms with van der Waals surface area (Å²) in [7, 11) is 0. The molecule has 1 saturated carbocycles. The molecule has 1 fully saturated rings. The van der Waals surface area contributed by atoms with Crippen molar-refractivity contribution in [1.82, 2.24) is 15.1 Å². The van der Waals surface area contributed by atoms with Crippen LogP contribution in [0.2, 0.25) is 0 Å². The predicted octanol–water partition coefficient (Wildman–Crippen LogP) is 3.82. The predicted molar refractivity (Wildman–Crippen MR) is 94.0 cm³/mol. The van der Waals surface area contributed by atoms with Gasteiger partial charge in [0.1, 0.15) is 0 Å². The van der Waals surface area contributed by atoms with Crippen LogP contribution in [0.3, 0.4) is 0 Å². The highest BCUT2D eigenvalue weighted by Gasteiger charge is 2.37. The van der Waals surface area contributed by atoms with Crippen molar-refractivity contribution < 1.29 is 22.9 Å². The maximum atomic E-state index is 12.9.